The number of fused-ring (bicyclic) bond motifs is 1. The molecule has 2 heterocycles. The Morgan fingerprint density at radius 2 is 1.90 bits per heavy atom. The van der Waals surface area contributed by atoms with Crippen LogP contribution in [-0.2, 0) is 13.1 Å². The summed E-state index contributed by atoms with van der Waals surface area (Å²) in [7, 11) is 0. The molecule has 0 radical (unpaired) electrons. The summed E-state index contributed by atoms with van der Waals surface area (Å²) in [5.74, 6) is 1.53. The lowest BCUT2D eigenvalue weighted by atomic mass is 9.96. The quantitative estimate of drug-likeness (QED) is 0.600. The molecule has 0 unspecified atom stereocenters. The molecule has 0 aliphatic carbocycles. The molecule has 3 N–H and O–H groups in total. The van der Waals surface area contributed by atoms with Crippen LogP contribution in [0, 0.1) is 5.92 Å². The summed E-state index contributed by atoms with van der Waals surface area (Å²) in [4.78, 5) is 6.89. The molecule has 5 nitrogen and oxygen atoms in total. The highest BCUT2D eigenvalue weighted by Gasteiger charge is 2.21. The standard InChI is InChI=1S/C21H23Cl3N4O/c22-16-1-2-19-14(7-16)11-26-21(27-19)25-10-13-3-5-28(6-4-13)12-15-8-17(23)9-18(24)20(15)29/h1-2,7-9,13,29H,3-6,10-12H2,(H2,25,26,27). The third kappa shape index (κ3) is 5.10. The molecule has 8 heteroatoms. The van der Waals surface area contributed by atoms with Crippen molar-refractivity contribution in [3.8, 4) is 5.75 Å². The van der Waals surface area contributed by atoms with Crippen LogP contribution in [0.1, 0.15) is 24.0 Å². The van der Waals surface area contributed by atoms with Gasteiger partial charge < -0.3 is 15.7 Å². The van der Waals surface area contributed by atoms with Gasteiger partial charge in [-0.2, -0.15) is 0 Å². The SMILES string of the molecule is Oc1c(Cl)cc(Cl)cc1CN1CCC(CNC2=NCc3cc(Cl)ccc3N2)CC1. The molecule has 0 amide bonds. The van der Waals surface area contributed by atoms with Crippen molar-refractivity contribution in [1.29, 1.82) is 0 Å². The van der Waals surface area contributed by atoms with Crippen molar-refractivity contribution in [2.24, 2.45) is 10.9 Å². The van der Waals surface area contributed by atoms with E-state index in [0.717, 1.165) is 60.3 Å². The number of halogens is 3. The Kier molecular flexibility index (Phi) is 6.40. The lowest BCUT2D eigenvalue weighted by Crippen LogP contribution is -2.40. The second-order valence-electron chi connectivity index (χ2n) is 7.59. The summed E-state index contributed by atoms with van der Waals surface area (Å²) in [6.45, 7) is 4.11. The van der Waals surface area contributed by atoms with Crippen LogP contribution < -0.4 is 10.6 Å². The van der Waals surface area contributed by atoms with Crippen LogP contribution in [0.15, 0.2) is 35.3 Å². The fraction of sp³-hybridized carbons (Fsp3) is 0.381. The zero-order valence-corrected chi connectivity index (χ0v) is 18.2. The smallest absolute Gasteiger partial charge is 0.196 e. The maximum Gasteiger partial charge on any atom is 0.196 e. The summed E-state index contributed by atoms with van der Waals surface area (Å²) < 4.78 is 0. The van der Waals surface area contributed by atoms with Crippen molar-refractivity contribution in [1.82, 2.24) is 10.2 Å². The van der Waals surface area contributed by atoms with Gasteiger partial charge in [0.25, 0.3) is 0 Å². The third-order valence-electron chi connectivity index (χ3n) is 5.49. The van der Waals surface area contributed by atoms with E-state index in [1.807, 2.05) is 18.2 Å². The van der Waals surface area contributed by atoms with Gasteiger partial charge >= 0.3 is 0 Å². The number of piperidine rings is 1. The van der Waals surface area contributed by atoms with Crippen molar-refractivity contribution in [2.45, 2.75) is 25.9 Å². The fourth-order valence-corrected chi connectivity index (χ4v) is 4.55. The van der Waals surface area contributed by atoms with Gasteiger partial charge in [0.2, 0.25) is 0 Å². The van der Waals surface area contributed by atoms with Crippen LogP contribution in [0.3, 0.4) is 0 Å². The molecule has 1 fully saturated rings. The Bertz CT molecular complexity index is 926. The van der Waals surface area contributed by atoms with E-state index in [2.05, 4.69) is 20.5 Å². The predicted molar refractivity (Wildman–Crippen MR) is 120 cm³/mol. The van der Waals surface area contributed by atoms with Gasteiger partial charge in [-0.1, -0.05) is 34.8 Å². The Labute approximate surface area is 185 Å². The van der Waals surface area contributed by atoms with Gasteiger partial charge in [0.15, 0.2) is 5.96 Å². The Balaban J connectivity index is 1.25. The molecule has 0 aromatic heterocycles. The van der Waals surface area contributed by atoms with Gasteiger partial charge in [-0.15, -0.1) is 0 Å². The second kappa shape index (κ2) is 9.00. The van der Waals surface area contributed by atoms with E-state index >= 15 is 0 Å². The highest BCUT2D eigenvalue weighted by atomic mass is 35.5. The van der Waals surface area contributed by atoms with Crippen molar-refractivity contribution >= 4 is 46.4 Å². The number of likely N-dealkylation sites (tertiary alicyclic amines) is 1. The number of aliphatic imine (C=N–C) groups is 1. The molecule has 29 heavy (non-hydrogen) atoms. The molecule has 2 aromatic rings. The molecule has 2 aliphatic heterocycles. The number of anilines is 1. The number of nitrogens with one attached hydrogen (secondary N) is 2. The zero-order chi connectivity index (χ0) is 20.4. The largest absolute Gasteiger partial charge is 0.506 e. The number of nitrogens with zero attached hydrogens (tertiary/aromatic N) is 2. The summed E-state index contributed by atoms with van der Waals surface area (Å²) in [6, 6.07) is 9.18. The van der Waals surface area contributed by atoms with Crippen LogP contribution in [0.5, 0.6) is 5.75 Å². The molecule has 2 aromatic carbocycles. The lowest BCUT2D eigenvalue weighted by Gasteiger charge is -2.32. The molecule has 4 rings (SSSR count). The minimum Gasteiger partial charge on any atom is -0.506 e. The number of hydrogen-bond acceptors (Lipinski definition) is 5. The highest BCUT2D eigenvalue weighted by molar-refractivity contribution is 6.35. The summed E-state index contributed by atoms with van der Waals surface area (Å²) >= 11 is 18.1. The predicted octanol–water partition coefficient (Wildman–Crippen LogP) is 5.14. The van der Waals surface area contributed by atoms with Gasteiger partial charge in [0.05, 0.1) is 11.6 Å². The van der Waals surface area contributed by atoms with Gasteiger partial charge in [-0.25, -0.2) is 4.99 Å². The fourth-order valence-electron chi connectivity index (χ4n) is 3.82. The summed E-state index contributed by atoms with van der Waals surface area (Å²) in [6.07, 6.45) is 2.17. The Hall–Kier alpha value is -1.66. The topological polar surface area (TPSA) is 59.9 Å². The van der Waals surface area contributed by atoms with Crippen LogP contribution in [0.4, 0.5) is 5.69 Å². The van der Waals surface area contributed by atoms with Crippen molar-refractivity contribution in [3.63, 3.8) is 0 Å². The second-order valence-corrected chi connectivity index (χ2v) is 8.87. The van der Waals surface area contributed by atoms with E-state index in [4.69, 9.17) is 34.8 Å². The van der Waals surface area contributed by atoms with Crippen LogP contribution >= 0.6 is 34.8 Å². The number of benzene rings is 2. The first-order chi connectivity index (χ1) is 14.0. The summed E-state index contributed by atoms with van der Waals surface area (Å²) in [5.41, 5.74) is 2.95. The van der Waals surface area contributed by atoms with Gasteiger partial charge in [-0.05, 0) is 67.7 Å². The molecular weight excluding hydrogens is 431 g/mol. The molecular formula is C21H23Cl3N4O. The molecule has 0 spiro atoms. The van der Waals surface area contributed by atoms with Crippen molar-refractivity contribution < 1.29 is 5.11 Å². The van der Waals surface area contributed by atoms with Gasteiger partial charge in [0, 0.05) is 34.4 Å². The zero-order valence-electron chi connectivity index (χ0n) is 15.9. The first-order valence-electron chi connectivity index (χ1n) is 9.71. The molecule has 154 valence electrons. The van der Waals surface area contributed by atoms with E-state index in [1.54, 1.807) is 12.1 Å². The Morgan fingerprint density at radius 1 is 1.10 bits per heavy atom. The van der Waals surface area contributed by atoms with Gasteiger partial charge in [0.1, 0.15) is 5.75 Å². The van der Waals surface area contributed by atoms with E-state index in [9.17, 15) is 5.11 Å². The number of rotatable bonds is 4. The van der Waals surface area contributed by atoms with E-state index < -0.39 is 0 Å². The molecule has 0 atom stereocenters. The number of phenolic OH excluding ortho intramolecular Hbond substituents is 1. The molecule has 1 saturated heterocycles. The van der Waals surface area contributed by atoms with Gasteiger partial charge in [-0.3, -0.25) is 4.90 Å². The van der Waals surface area contributed by atoms with Crippen molar-refractivity contribution in [3.05, 3.63) is 56.5 Å². The van der Waals surface area contributed by atoms with Crippen LogP contribution in [0.2, 0.25) is 15.1 Å². The maximum absolute atomic E-state index is 10.2. The first-order valence-corrected chi connectivity index (χ1v) is 10.8. The number of guanidine groups is 1. The molecule has 0 bridgehead atoms. The van der Waals surface area contributed by atoms with E-state index in [0.29, 0.717) is 29.1 Å². The third-order valence-corrected chi connectivity index (χ3v) is 6.24. The lowest BCUT2D eigenvalue weighted by molar-refractivity contribution is 0.177. The normalized spacial score (nSPS) is 17.4. The molecule has 2 aliphatic rings. The van der Waals surface area contributed by atoms with Crippen LogP contribution in [0.25, 0.3) is 0 Å². The monoisotopic (exact) mass is 452 g/mol. The average molecular weight is 454 g/mol. The molecule has 0 saturated carbocycles. The Morgan fingerprint density at radius 3 is 2.69 bits per heavy atom. The first kappa shape index (κ1) is 20.6. The maximum atomic E-state index is 10.2. The minimum atomic E-state index is 0.128. The summed E-state index contributed by atoms with van der Waals surface area (Å²) in [5, 5.41) is 18.5. The number of phenols is 1. The highest BCUT2D eigenvalue weighted by Crippen LogP contribution is 2.32. The number of aromatic hydroxyl groups is 1. The van der Waals surface area contributed by atoms with Crippen LogP contribution in [-0.4, -0.2) is 35.6 Å². The number of hydrogen-bond donors (Lipinski definition) is 3. The van der Waals surface area contributed by atoms with E-state index in [-0.39, 0.29) is 5.75 Å². The average Bonchev–Trinajstić information content (AvgIpc) is 2.71. The minimum absolute atomic E-state index is 0.128. The van der Waals surface area contributed by atoms with E-state index in [1.165, 1.54) is 0 Å². The van der Waals surface area contributed by atoms with Crippen molar-refractivity contribution in [2.75, 3.05) is 25.0 Å².